The summed E-state index contributed by atoms with van der Waals surface area (Å²) < 4.78 is 18.9. The van der Waals surface area contributed by atoms with Crippen molar-refractivity contribution in [2.75, 3.05) is 23.8 Å². The van der Waals surface area contributed by atoms with E-state index < -0.39 is 0 Å². The Morgan fingerprint density at radius 1 is 1.11 bits per heavy atom. The molecule has 0 saturated carbocycles. The summed E-state index contributed by atoms with van der Waals surface area (Å²) in [6.07, 6.45) is 0.894. The van der Waals surface area contributed by atoms with Gasteiger partial charge in [-0.25, -0.2) is 4.39 Å². The minimum absolute atomic E-state index is 0.319. The fourth-order valence-corrected chi connectivity index (χ4v) is 2.35. The van der Waals surface area contributed by atoms with Crippen molar-refractivity contribution in [1.82, 2.24) is 0 Å². The van der Waals surface area contributed by atoms with E-state index >= 15 is 0 Å². The van der Waals surface area contributed by atoms with Crippen LogP contribution in [0.25, 0.3) is 0 Å². The molecule has 0 atom stereocenters. The lowest BCUT2D eigenvalue weighted by Crippen LogP contribution is -2.19. The predicted octanol–water partition coefficient (Wildman–Crippen LogP) is 3.33. The van der Waals surface area contributed by atoms with Gasteiger partial charge >= 0.3 is 0 Å². The Hall–Kier alpha value is -2.23. The first kappa shape index (κ1) is 11.8. The fraction of sp³-hybridized carbons (Fsp3) is 0.200. The molecule has 0 radical (unpaired) electrons. The highest BCUT2D eigenvalue weighted by Crippen LogP contribution is 2.38. The van der Waals surface area contributed by atoms with E-state index in [9.17, 15) is 4.39 Å². The monoisotopic (exact) mass is 258 g/mol. The highest BCUT2D eigenvalue weighted by atomic mass is 19.1. The number of rotatable bonds is 1. The van der Waals surface area contributed by atoms with Gasteiger partial charge < -0.3 is 15.4 Å². The lowest BCUT2D eigenvalue weighted by atomic mass is 10.2. The van der Waals surface area contributed by atoms with Crippen LogP contribution in [0.2, 0.25) is 0 Å². The molecule has 0 saturated heterocycles. The zero-order valence-corrected chi connectivity index (χ0v) is 10.5. The molecule has 0 amide bonds. The average Bonchev–Trinajstić information content (AvgIpc) is 2.61. The first-order chi connectivity index (χ1) is 9.25. The molecule has 2 aromatic rings. The minimum Gasteiger partial charge on any atom is -0.491 e. The van der Waals surface area contributed by atoms with Gasteiger partial charge in [-0.3, -0.25) is 0 Å². The summed E-state index contributed by atoms with van der Waals surface area (Å²) in [4.78, 5) is 2.08. The molecule has 0 unspecified atom stereocenters. The summed E-state index contributed by atoms with van der Waals surface area (Å²) in [5.41, 5.74) is 8.17. The van der Waals surface area contributed by atoms with Crippen LogP contribution >= 0.6 is 0 Å². The van der Waals surface area contributed by atoms with Crippen LogP contribution in [0, 0.1) is 5.82 Å². The number of halogens is 1. The minimum atomic E-state index is -0.319. The molecule has 98 valence electrons. The van der Waals surface area contributed by atoms with Crippen molar-refractivity contribution in [3.63, 3.8) is 0 Å². The van der Waals surface area contributed by atoms with E-state index in [-0.39, 0.29) is 5.82 Å². The Labute approximate surface area is 111 Å². The summed E-state index contributed by atoms with van der Waals surface area (Å²) in [5.74, 6) is 0.518. The standard InChI is InChI=1S/C15H15FN2O/c16-11-6-7-13(12(17)10-11)18-8-3-9-19-15-5-2-1-4-14(15)18/h1-2,4-7,10H,3,8-9,17H2. The van der Waals surface area contributed by atoms with Crippen LogP contribution in [0.3, 0.4) is 0 Å². The zero-order chi connectivity index (χ0) is 13.2. The second-order valence-electron chi connectivity index (χ2n) is 4.52. The number of anilines is 3. The fourth-order valence-electron chi connectivity index (χ4n) is 2.35. The Morgan fingerprint density at radius 3 is 2.79 bits per heavy atom. The zero-order valence-electron chi connectivity index (χ0n) is 10.5. The van der Waals surface area contributed by atoms with Crippen LogP contribution in [0.4, 0.5) is 21.5 Å². The van der Waals surface area contributed by atoms with E-state index in [0.717, 1.165) is 30.1 Å². The van der Waals surface area contributed by atoms with Crippen molar-refractivity contribution >= 4 is 17.1 Å². The predicted molar refractivity (Wildman–Crippen MR) is 74.4 cm³/mol. The SMILES string of the molecule is Nc1cc(F)ccc1N1CCCOc2ccccc21. The number of para-hydroxylation sites is 2. The van der Waals surface area contributed by atoms with Crippen molar-refractivity contribution in [2.45, 2.75) is 6.42 Å². The Balaban J connectivity index is 2.09. The second kappa shape index (κ2) is 4.80. The van der Waals surface area contributed by atoms with Gasteiger partial charge in [-0.15, -0.1) is 0 Å². The third kappa shape index (κ3) is 2.21. The number of hydrogen-bond acceptors (Lipinski definition) is 3. The number of nitrogens with two attached hydrogens (primary N) is 1. The largest absolute Gasteiger partial charge is 0.491 e. The van der Waals surface area contributed by atoms with Gasteiger partial charge in [0.1, 0.15) is 11.6 Å². The van der Waals surface area contributed by atoms with Crippen molar-refractivity contribution in [3.8, 4) is 5.75 Å². The van der Waals surface area contributed by atoms with E-state index in [4.69, 9.17) is 10.5 Å². The van der Waals surface area contributed by atoms with Gasteiger partial charge in [0.2, 0.25) is 0 Å². The van der Waals surface area contributed by atoms with E-state index in [2.05, 4.69) is 4.90 Å². The van der Waals surface area contributed by atoms with E-state index in [1.165, 1.54) is 12.1 Å². The number of ether oxygens (including phenoxy) is 1. The molecule has 0 spiro atoms. The number of nitrogens with zero attached hydrogens (tertiary/aromatic N) is 1. The maximum atomic E-state index is 13.2. The van der Waals surface area contributed by atoms with Crippen molar-refractivity contribution < 1.29 is 9.13 Å². The maximum absolute atomic E-state index is 13.2. The van der Waals surface area contributed by atoms with Gasteiger partial charge in [-0.05, 0) is 36.8 Å². The summed E-state index contributed by atoms with van der Waals surface area (Å²) in [6, 6.07) is 12.3. The van der Waals surface area contributed by atoms with Crippen LogP contribution < -0.4 is 15.4 Å². The Morgan fingerprint density at radius 2 is 1.95 bits per heavy atom. The molecule has 2 N–H and O–H groups in total. The summed E-state index contributed by atoms with van der Waals surface area (Å²) >= 11 is 0. The number of nitrogen functional groups attached to an aromatic ring is 1. The van der Waals surface area contributed by atoms with Gasteiger partial charge in [0.25, 0.3) is 0 Å². The van der Waals surface area contributed by atoms with Gasteiger partial charge in [0, 0.05) is 6.54 Å². The molecule has 0 bridgehead atoms. The van der Waals surface area contributed by atoms with Crippen LogP contribution in [-0.2, 0) is 0 Å². The summed E-state index contributed by atoms with van der Waals surface area (Å²) in [7, 11) is 0. The molecular weight excluding hydrogens is 243 g/mol. The molecule has 1 aliphatic heterocycles. The highest BCUT2D eigenvalue weighted by molar-refractivity contribution is 5.77. The first-order valence-corrected chi connectivity index (χ1v) is 6.30. The molecule has 19 heavy (non-hydrogen) atoms. The molecule has 0 fully saturated rings. The van der Waals surface area contributed by atoms with Crippen molar-refractivity contribution in [3.05, 3.63) is 48.3 Å². The molecule has 0 aliphatic carbocycles. The first-order valence-electron chi connectivity index (χ1n) is 6.30. The van der Waals surface area contributed by atoms with Crippen LogP contribution in [0.5, 0.6) is 5.75 Å². The van der Waals surface area contributed by atoms with Gasteiger partial charge in [-0.1, -0.05) is 12.1 Å². The third-order valence-electron chi connectivity index (χ3n) is 3.22. The molecular formula is C15H15FN2O. The number of hydrogen-bond donors (Lipinski definition) is 1. The molecule has 3 rings (SSSR count). The average molecular weight is 258 g/mol. The van der Waals surface area contributed by atoms with Gasteiger partial charge in [0.15, 0.2) is 0 Å². The highest BCUT2D eigenvalue weighted by Gasteiger charge is 2.19. The summed E-state index contributed by atoms with van der Waals surface area (Å²) in [5, 5.41) is 0. The maximum Gasteiger partial charge on any atom is 0.142 e. The normalized spacial score (nSPS) is 14.5. The molecule has 1 heterocycles. The quantitative estimate of drug-likeness (QED) is 0.797. The van der Waals surface area contributed by atoms with E-state index in [1.807, 2.05) is 24.3 Å². The third-order valence-corrected chi connectivity index (χ3v) is 3.22. The molecule has 0 aromatic heterocycles. The van der Waals surface area contributed by atoms with Crippen LogP contribution in [0.15, 0.2) is 42.5 Å². The van der Waals surface area contributed by atoms with E-state index in [0.29, 0.717) is 12.3 Å². The summed E-state index contributed by atoms with van der Waals surface area (Å²) in [6.45, 7) is 1.47. The number of fused-ring (bicyclic) bond motifs is 1. The van der Waals surface area contributed by atoms with Crippen molar-refractivity contribution in [2.24, 2.45) is 0 Å². The Kier molecular flexibility index (Phi) is 2.99. The van der Waals surface area contributed by atoms with Crippen LogP contribution in [0.1, 0.15) is 6.42 Å². The molecule has 3 nitrogen and oxygen atoms in total. The molecule has 2 aromatic carbocycles. The van der Waals surface area contributed by atoms with Gasteiger partial charge in [0.05, 0.1) is 23.7 Å². The smallest absolute Gasteiger partial charge is 0.142 e. The Bertz CT molecular complexity index is 600. The lowest BCUT2D eigenvalue weighted by molar-refractivity contribution is 0.322. The number of benzene rings is 2. The van der Waals surface area contributed by atoms with Gasteiger partial charge in [-0.2, -0.15) is 0 Å². The van der Waals surface area contributed by atoms with E-state index in [1.54, 1.807) is 6.07 Å². The topological polar surface area (TPSA) is 38.5 Å². The lowest BCUT2D eigenvalue weighted by Gasteiger charge is -2.25. The molecule has 1 aliphatic rings. The second-order valence-corrected chi connectivity index (χ2v) is 4.52. The van der Waals surface area contributed by atoms with Crippen molar-refractivity contribution in [1.29, 1.82) is 0 Å². The molecule has 4 heteroatoms. The van der Waals surface area contributed by atoms with Crippen LogP contribution in [-0.4, -0.2) is 13.2 Å².